The molecule has 0 atom stereocenters. The Labute approximate surface area is 104 Å². The van der Waals surface area contributed by atoms with Gasteiger partial charge in [-0.15, -0.1) is 0 Å². The van der Waals surface area contributed by atoms with Crippen molar-refractivity contribution >= 4 is 11.6 Å². The third kappa shape index (κ3) is 2.24. The summed E-state index contributed by atoms with van der Waals surface area (Å²) in [6, 6.07) is 3.19. The van der Waals surface area contributed by atoms with Crippen LogP contribution in [0.4, 0.5) is 0 Å². The minimum Gasteiger partial charge on any atom is -0.268 e. The van der Waals surface area contributed by atoms with E-state index in [1.54, 1.807) is 17.8 Å². The molecule has 0 unspecified atom stereocenters. The zero-order valence-corrected chi connectivity index (χ0v) is 10.7. The predicted molar refractivity (Wildman–Crippen MR) is 65.3 cm³/mol. The van der Waals surface area contributed by atoms with Crippen LogP contribution in [0.1, 0.15) is 17.0 Å². The van der Waals surface area contributed by atoms with Crippen LogP contribution in [0.15, 0.2) is 16.9 Å². The van der Waals surface area contributed by atoms with E-state index in [1.807, 2.05) is 13.8 Å². The second-order valence-corrected chi connectivity index (χ2v) is 4.31. The van der Waals surface area contributed by atoms with Gasteiger partial charge in [0.1, 0.15) is 5.15 Å². The van der Waals surface area contributed by atoms with Gasteiger partial charge in [-0.3, -0.25) is 9.48 Å². The van der Waals surface area contributed by atoms with Crippen LogP contribution in [0.25, 0.3) is 0 Å². The number of aryl methyl sites for hydroxylation is 3. The molecule has 2 aromatic heterocycles. The molecule has 0 aliphatic heterocycles. The maximum atomic E-state index is 11.6. The van der Waals surface area contributed by atoms with Gasteiger partial charge in [0.2, 0.25) is 0 Å². The van der Waals surface area contributed by atoms with Gasteiger partial charge in [0.25, 0.3) is 5.56 Å². The van der Waals surface area contributed by atoms with E-state index in [1.165, 1.54) is 10.7 Å². The summed E-state index contributed by atoms with van der Waals surface area (Å²) in [7, 11) is 1.77. The third-order valence-electron chi connectivity index (χ3n) is 2.58. The maximum Gasteiger partial charge on any atom is 0.267 e. The Hall–Kier alpha value is -1.62. The van der Waals surface area contributed by atoms with Gasteiger partial charge in [0.05, 0.1) is 17.9 Å². The summed E-state index contributed by atoms with van der Waals surface area (Å²) in [6.07, 6.45) is 0. The van der Waals surface area contributed by atoms with E-state index < -0.39 is 0 Å². The van der Waals surface area contributed by atoms with Crippen LogP contribution in [0.2, 0.25) is 5.15 Å². The average Bonchev–Trinajstić information content (AvgIpc) is 2.50. The van der Waals surface area contributed by atoms with Crippen molar-refractivity contribution in [3.8, 4) is 0 Å². The van der Waals surface area contributed by atoms with Gasteiger partial charge in [-0.25, -0.2) is 4.68 Å². The van der Waals surface area contributed by atoms with Crippen LogP contribution >= 0.6 is 11.6 Å². The van der Waals surface area contributed by atoms with Crippen LogP contribution in [-0.4, -0.2) is 19.6 Å². The van der Waals surface area contributed by atoms with Gasteiger partial charge in [-0.1, -0.05) is 11.6 Å². The van der Waals surface area contributed by atoms with Crippen molar-refractivity contribution in [2.24, 2.45) is 7.05 Å². The lowest BCUT2D eigenvalue weighted by Crippen LogP contribution is -2.23. The topological polar surface area (TPSA) is 52.7 Å². The summed E-state index contributed by atoms with van der Waals surface area (Å²) in [6.45, 7) is 4.05. The quantitative estimate of drug-likeness (QED) is 0.810. The zero-order chi connectivity index (χ0) is 12.6. The largest absolute Gasteiger partial charge is 0.268 e. The van der Waals surface area contributed by atoms with Gasteiger partial charge in [-0.2, -0.15) is 10.2 Å². The third-order valence-corrected chi connectivity index (χ3v) is 3.05. The molecule has 0 aliphatic rings. The van der Waals surface area contributed by atoms with E-state index in [9.17, 15) is 4.79 Å². The highest BCUT2D eigenvalue weighted by Crippen LogP contribution is 2.18. The minimum absolute atomic E-state index is 0.144. The monoisotopic (exact) mass is 252 g/mol. The molecule has 0 spiro atoms. The lowest BCUT2D eigenvalue weighted by atomic mass is 10.2. The number of nitrogens with zero attached hydrogens (tertiary/aromatic N) is 4. The highest BCUT2D eigenvalue weighted by atomic mass is 35.5. The molecule has 6 heteroatoms. The Balaban J connectivity index is 2.44. The fourth-order valence-corrected chi connectivity index (χ4v) is 1.90. The van der Waals surface area contributed by atoms with Gasteiger partial charge < -0.3 is 0 Å². The average molecular weight is 253 g/mol. The van der Waals surface area contributed by atoms with Crippen LogP contribution in [0.5, 0.6) is 0 Å². The summed E-state index contributed by atoms with van der Waals surface area (Å²) < 4.78 is 2.98. The van der Waals surface area contributed by atoms with Crippen LogP contribution in [0, 0.1) is 13.8 Å². The minimum atomic E-state index is -0.144. The molecule has 0 N–H and O–H groups in total. The predicted octanol–water partition coefficient (Wildman–Crippen LogP) is 1.30. The number of rotatable bonds is 2. The summed E-state index contributed by atoms with van der Waals surface area (Å²) in [4.78, 5) is 11.6. The van der Waals surface area contributed by atoms with Crippen molar-refractivity contribution in [2.45, 2.75) is 20.4 Å². The first-order valence-electron chi connectivity index (χ1n) is 5.22. The van der Waals surface area contributed by atoms with Gasteiger partial charge in [0.15, 0.2) is 0 Å². The number of hydrogen-bond donors (Lipinski definition) is 0. The zero-order valence-electron chi connectivity index (χ0n) is 9.94. The van der Waals surface area contributed by atoms with E-state index in [0.717, 1.165) is 17.0 Å². The number of aromatic nitrogens is 4. The maximum absolute atomic E-state index is 11.6. The van der Waals surface area contributed by atoms with E-state index in [2.05, 4.69) is 10.2 Å². The van der Waals surface area contributed by atoms with Gasteiger partial charge in [0, 0.05) is 18.7 Å². The molecule has 0 aromatic carbocycles. The summed E-state index contributed by atoms with van der Waals surface area (Å²) >= 11 is 6.11. The molecule has 2 aromatic rings. The van der Waals surface area contributed by atoms with Crippen LogP contribution in [0.3, 0.4) is 0 Å². The molecule has 0 radical (unpaired) electrons. The van der Waals surface area contributed by atoms with E-state index >= 15 is 0 Å². The van der Waals surface area contributed by atoms with Crippen molar-refractivity contribution < 1.29 is 0 Å². The molecular formula is C11H13ClN4O. The lowest BCUT2D eigenvalue weighted by Gasteiger charge is -2.04. The Kier molecular flexibility index (Phi) is 3.02. The smallest absolute Gasteiger partial charge is 0.267 e. The number of hydrogen-bond acceptors (Lipinski definition) is 3. The summed E-state index contributed by atoms with van der Waals surface area (Å²) in [5.74, 6) is 0. The highest BCUT2D eigenvalue weighted by molar-refractivity contribution is 6.30. The molecule has 5 nitrogen and oxygen atoms in total. The molecular weight excluding hydrogens is 240 g/mol. The van der Waals surface area contributed by atoms with Gasteiger partial charge >= 0.3 is 0 Å². The molecule has 0 saturated heterocycles. The fraction of sp³-hybridized carbons (Fsp3) is 0.364. The van der Waals surface area contributed by atoms with E-state index in [-0.39, 0.29) is 5.56 Å². The van der Waals surface area contributed by atoms with Crippen LogP contribution in [-0.2, 0) is 13.6 Å². The standard InChI is InChI=1S/C11H13ClN4O/c1-7-4-5-10(17)16(13-7)6-9-8(2)14-15(3)11(9)12/h4-5H,6H2,1-3H3. The molecule has 0 aliphatic carbocycles. The Bertz CT molecular complexity index is 614. The lowest BCUT2D eigenvalue weighted by molar-refractivity contribution is 0.626. The second-order valence-electron chi connectivity index (χ2n) is 3.95. The van der Waals surface area contributed by atoms with Crippen molar-refractivity contribution in [3.63, 3.8) is 0 Å². The molecule has 0 fully saturated rings. The van der Waals surface area contributed by atoms with Crippen molar-refractivity contribution in [1.29, 1.82) is 0 Å². The second kappa shape index (κ2) is 4.33. The fourth-order valence-electron chi connectivity index (χ4n) is 1.67. The molecule has 0 amide bonds. The molecule has 2 heterocycles. The molecule has 17 heavy (non-hydrogen) atoms. The van der Waals surface area contributed by atoms with E-state index in [4.69, 9.17) is 11.6 Å². The first-order valence-corrected chi connectivity index (χ1v) is 5.59. The Morgan fingerprint density at radius 2 is 2.00 bits per heavy atom. The molecule has 2 rings (SSSR count). The van der Waals surface area contributed by atoms with Crippen molar-refractivity contribution in [2.75, 3.05) is 0 Å². The van der Waals surface area contributed by atoms with E-state index in [0.29, 0.717) is 11.7 Å². The normalized spacial score (nSPS) is 10.8. The Morgan fingerprint density at radius 3 is 2.59 bits per heavy atom. The Morgan fingerprint density at radius 1 is 1.29 bits per heavy atom. The SMILES string of the molecule is Cc1ccc(=O)n(Cc2c(C)nn(C)c2Cl)n1. The molecule has 0 saturated carbocycles. The summed E-state index contributed by atoms with van der Waals surface area (Å²) in [5, 5.41) is 8.91. The molecule has 90 valence electrons. The van der Waals surface area contributed by atoms with Crippen molar-refractivity contribution in [1.82, 2.24) is 19.6 Å². The first-order chi connectivity index (χ1) is 7.99. The van der Waals surface area contributed by atoms with Crippen LogP contribution < -0.4 is 5.56 Å². The highest BCUT2D eigenvalue weighted by Gasteiger charge is 2.12. The number of halogens is 1. The summed E-state index contributed by atoms with van der Waals surface area (Å²) in [5.41, 5.74) is 2.29. The first kappa shape index (κ1) is 11.9. The molecule has 0 bridgehead atoms. The van der Waals surface area contributed by atoms with Crippen molar-refractivity contribution in [3.05, 3.63) is 44.6 Å². The van der Waals surface area contributed by atoms with Gasteiger partial charge in [-0.05, 0) is 19.9 Å².